The number of aromatic nitrogens is 1. The number of carbonyl (C=O) groups is 1. The smallest absolute Gasteiger partial charge is 0.359 e. The quantitative estimate of drug-likeness (QED) is 0.695. The minimum Gasteiger partial charge on any atom is -0.463 e. The van der Waals surface area contributed by atoms with Crippen LogP contribution in [0.5, 0.6) is 0 Å². The average molecular weight is 440 g/mol. The Morgan fingerprint density at radius 3 is 2.55 bits per heavy atom. The molecule has 1 aromatic carbocycles. The van der Waals surface area contributed by atoms with Crippen LogP contribution in [0.15, 0.2) is 16.4 Å². The molecule has 0 bridgehead atoms. The van der Waals surface area contributed by atoms with Crippen molar-refractivity contribution >= 4 is 29.0 Å². The molecule has 5 rings (SSSR count). The van der Waals surface area contributed by atoms with E-state index in [4.69, 9.17) is 14.5 Å². The summed E-state index contributed by atoms with van der Waals surface area (Å²) in [6.45, 7) is 6.45. The first-order valence-corrected chi connectivity index (χ1v) is 12.2. The predicted molar refractivity (Wildman–Crippen MR) is 122 cm³/mol. The van der Waals surface area contributed by atoms with Gasteiger partial charge in [0.2, 0.25) is 0 Å². The number of thiazole rings is 1. The van der Waals surface area contributed by atoms with E-state index in [9.17, 15) is 4.79 Å². The third kappa shape index (κ3) is 3.43. The van der Waals surface area contributed by atoms with Gasteiger partial charge in [0, 0.05) is 11.1 Å². The summed E-state index contributed by atoms with van der Waals surface area (Å²) in [6, 6.07) is 2.79. The summed E-state index contributed by atoms with van der Waals surface area (Å²) >= 11 is 1.44. The van der Waals surface area contributed by atoms with Crippen molar-refractivity contribution in [3.05, 3.63) is 44.4 Å². The number of fused-ring (bicyclic) bond motifs is 2. The van der Waals surface area contributed by atoms with Crippen LogP contribution in [0.3, 0.4) is 0 Å². The first-order chi connectivity index (χ1) is 15.0. The Labute approximate surface area is 187 Å². The van der Waals surface area contributed by atoms with E-state index in [0.29, 0.717) is 11.0 Å². The Hall–Kier alpha value is -2.41. The molecular formula is C24H29N3O3S. The van der Waals surface area contributed by atoms with Crippen LogP contribution in [0.1, 0.15) is 72.5 Å². The molecule has 1 aromatic heterocycles. The second kappa shape index (κ2) is 7.93. The van der Waals surface area contributed by atoms with Crippen LogP contribution < -0.4 is 5.32 Å². The molecule has 3 aliphatic rings. The van der Waals surface area contributed by atoms with Gasteiger partial charge >= 0.3 is 5.97 Å². The summed E-state index contributed by atoms with van der Waals surface area (Å²) in [4.78, 5) is 22.4. The molecule has 0 saturated heterocycles. The number of ether oxygens (including phenoxy) is 2. The maximum atomic E-state index is 13.0. The maximum Gasteiger partial charge on any atom is 0.359 e. The number of aliphatic imine (C=N–C) groups is 1. The summed E-state index contributed by atoms with van der Waals surface area (Å²) < 4.78 is 11.7. The van der Waals surface area contributed by atoms with E-state index in [1.54, 1.807) is 6.92 Å². The molecule has 1 aliphatic heterocycles. The number of hydrogen-bond donors (Lipinski definition) is 1. The number of hydrogen-bond acceptors (Lipinski definition) is 7. The molecule has 7 heteroatoms. The van der Waals surface area contributed by atoms with Crippen LogP contribution in [-0.2, 0) is 45.6 Å². The molecule has 1 N–H and O–H groups in total. The molecule has 31 heavy (non-hydrogen) atoms. The number of nitrogens with zero attached hydrogens (tertiary/aromatic N) is 2. The average Bonchev–Trinajstić information content (AvgIpc) is 3.52. The van der Waals surface area contributed by atoms with E-state index in [1.165, 1.54) is 46.4 Å². The third-order valence-corrected chi connectivity index (χ3v) is 7.49. The number of anilines is 1. The molecule has 0 radical (unpaired) electrons. The van der Waals surface area contributed by atoms with Gasteiger partial charge in [-0.3, -0.25) is 0 Å². The summed E-state index contributed by atoms with van der Waals surface area (Å²) in [7, 11) is 0. The van der Waals surface area contributed by atoms with Crippen molar-refractivity contribution in [3.8, 4) is 0 Å². The highest BCUT2D eigenvalue weighted by Gasteiger charge is 2.52. The van der Waals surface area contributed by atoms with Gasteiger partial charge in [0.05, 0.1) is 12.3 Å². The van der Waals surface area contributed by atoms with Crippen LogP contribution in [0, 0.1) is 0 Å². The number of nitrogens with one attached hydrogen (secondary N) is 1. The molecule has 6 nitrogen and oxygen atoms in total. The normalized spacial score (nSPS) is 21.6. The zero-order valence-electron chi connectivity index (χ0n) is 18.4. The molecular weight excluding hydrogens is 410 g/mol. The van der Waals surface area contributed by atoms with E-state index in [2.05, 4.69) is 30.2 Å². The molecule has 0 saturated carbocycles. The summed E-state index contributed by atoms with van der Waals surface area (Å²) in [6.07, 6.45) is 6.79. The predicted octanol–water partition coefficient (Wildman–Crippen LogP) is 4.50. The van der Waals surface area contributed by atoms with Crippen molar-refractivity contribution in [1.29, 1.82) is 0 Å². The molecule has 0 amide bonds. The molecule has 164 valence electrons. The Morgan fingerprint density at radius 1 is 1.23 bits per heavy atom. The number of carbonyl (C=O) groups excluding carboxylic acids is 1. The minimum atomic E-state index is -1.31. The van der Waals surface area contributed by atoms with Gasteiger partial charge in [0.15, 0.2) is 5.01 Å². The van der Waals surface area contributed by atoms with E-state index in [1.807, 2.05) is 5.38 Å². The zero-order chi connectivity index (χ0) is 21.6. The van der Waals surface area contributed by atoms with E-state index in [-0.39, 0.29) is 19.1 Å². The Bertz CT molecular complexity index is 1030. The second-order valence-corrected chi connectivity index (χ2v) is 9.72. The van der Waals surface area contributed by atoms with Crippen molar-refractivity contribution in [1.82, 2.24) is 4.98 Å². The van der Waals surface area contributed by atoms with Gasteiger partial charge in [-0.1, -0.05) is 19.9 Å². The van der Waals surface area contributed by atoms with Crippen LogP contribution in [0.4, 0.5) is 5.69 Å². The topological polar surface area (TPSA) is 72.8 Å². The molecule has 0 fully saturated rings. The Balaban J connectivity index is 1.46. The van der Waals surface area contributed by atoms with Gasteiger partial charge in [-0.15, -0.1) is 11.3 Å². The Morgan fingerprint density at radius 2 is 1.94 bits per heavy atom. The highest BCUT2D eigenvalue weighted by molar-refractivity contribution is 7.10. The fraction of sp³-hybridized carbons (Fsp3) is 0.542. The first kappa shape index (κ1) is 20.5. The molecule has 0 spiro atoms. The number of amidine groups is 1. The van der Waals surface area contributed by atoms with Gasteiger partial charge < -0.3 is 14.8 Å². The number of aryl methyl sites for hydroxylation is 2. The van der Waals surface area contributed by atoms with Gasteiger partial charge in [-0.25, -0.2) is 14.8 Å². The lowest BCUT2D eigenvalue weighted by Crippen LogP contribution is -2.41. The standard InChI is InChI=1S/C24H29N3O3S/c1-4-29-22(28)24(21-26-19(12-31-21)14(2)3)13-25-23(30-24)27-20-17-9-5-7-15(17)11-16-8-6-10-18(16)20/h11-12,14H,4-10,13H2,1-3H3,(H,25,27). The van der Waals surface area contributed by atoms with Gasteiger partial charge in [-0.05, 0) is 73.6 Å². The molecule has 2 aromatic rings. The second-order valence-electron chi connectivity index (χ2n) is 8.86. The largest absolute Gasteiger partial charge is 0.463 e. The molecule has 2 heterocycles. The van der Waals surface area contributed by atoms with Crippen LogP contribution in [0.25, 0.3) is 0 Å². The van der Waals surface area contributed by atoms with Crippen molar-refractivity contribution in [2.75, 3.05) is 18.5 Å². The molecule has 1 atom stereocenters. The SMILES string of the molecule is CCOC(=O)C1(c2nc(C(C)C)cs2)CN=C(Nc2c3c(cc4c2CCC4)CCC3)O1. The van der Waals surface area contributed by atoms with Crippen molar-refractivity contribution in [3.63, 3.8) is 0 Å². The van der Waals surface area contributed by atoms with E-state index in [0.717, 1.165) is 37.1 Å². The highest BCUT2D eigenvalue weighted by atomic mass is 32.1. The zero-order valence-corrected chi connectivity index (χ0v) is 19.2. The van der Waals surface area contributed by atoms with E-state index >= 15 is 0 Å². The van der Waals surface area contributed by atoms with Gasteiger partial charge in [0.25, 0.3) is 11.6 Å². The summed E-state index contributed by atoms with van der Waals surface area (Å²) in [5, 5.41) is 6.09. The van der Waals surface area contributed by atoms with Crippen LogP contribution in [0.2, 0.25) is 0 Å². The number of rotatable bonds is 5. The lowest BCUT2D eigenvalue weighted by atomic mass is 9.99. The first-order valence-electron chi connectivity index (χ1n) is 11.3. The maximum absolute atomic E-state index is 13.0. The molecule has 2 aliphatic carbocycles. The molecule has 1 unspecified atom stereocenters. The van der Waals surface area contributed by atoms with Gasteiger partial charge in [0.1, 0.15) is 6.54 Å². The van der Waals surface area contributed by atoms with Gasteiger partial charge in [-0.2, -0.15) is 0 Å². The highest BCUT2D eigenvalue weighted by Crippen LogP contribution is 2.40. The fourth-order valence-electron chi connectivity index (χ4n) is 4.84. The fourth-order valence-corrected chi connectivity index (χ4v) is 5.94. The monoisotopic (exact) mass is 439 g/mol. The summed E-state index contributed by atoms with van der Waals surface area (Å²) in [5.41, 5.74) is 6.46. The lowest BCUT2D eigenvalue weighted by molar-refractivity contribution is -0.161. The summed E-state index contributed by atoms with van der Waals surface area (Å²) in [5.74, 6) is -0.151. The van der Waals surface area contributed by atoms with Crippen molar-refractivity contribution < 1.29 is 14.3 Å². The van der Waals surface area contributed by atoms with Crippen molar-refractivity contribution in [2.45, 2.75) is 70.8 Å². The third-order valence-electron chi connectivity index (χ3n) is 6.49. The van der Waals surface area contributed by atoms with Crippen LogP contribution >= 0.6 is 11.3 Å². The minimum absolute atomic E-state index is 0.177. The van der Waals surface area contributed by atoms with Crippen LogP contribution in [-0.4, -0.2) is 30.1 Å². The number of benzene rings is 1. The van der Waals surface area contributed by atoms with E-state index < -0.39 is 11.6 Å². The van der Waals surface area contributed by atoms with Crippen molar-refractivity contribution in [2.24, 2.45) is 4.99 Å². The number of esters is 1. The Kier molecular flexibility index (Phi) is 5.24. The lowest BCUT2D eigenvalue weighted by Gasteiger charge is -2.24.